The Bertz CT molecular complexity index is 816. The molecule has 0 bridgehead atoms. The Labute approximate surface area is 146 Å². The summed E-state index contributed by atoms with van der Waals surface area (Å²) in [6.07, 6.45) is 5.05. The van der Waals surface area contributed by atoms with Crippen molar-refractivity contribution in [2.24, 2.45) is 13.0 Å². The molecule has 25 heavy (non-hydrogen) atoms. The van der Waals surface area contributed by atoms with E-state index >= 15 is 0 Å². The minimum Gasteiger partial charge on any atom is -0.481 e. The van der Waals surface area contributed by atoms with Crippen molar-refractivity contribution in [3.63, 3.8) is 0 Å². The molecular formula is C19H21N3O3. The molecule has 3 unspecified atom stereocenters. The predicted octanol–water partition coefficient (Wildman–Crippen LogP) is 1.78. The number of hydrogen-bond acceptors (Lipinski definition) is 3. The van der Waals surface area contributed by atoms with Gasteiger partial charge in [0.25, 0.3) is 0 Å². The number of hydrogen-bond donors (Lipinski definition) is 1. The molecule has 1 aromatic carbocycles. The van der Waals surface area contributed by atoms with Crippen LogP contribution in [0.5, 0.6) is 0 Å². The first kappa shape index (κ1) is 15.9. The van der Waals surface area contributed by atoms with Gasteiger partial charge in [-0.25, -0.2) is 0 Å². The van der Waals surface area contributed by atoms with Gasteiger partial charge in [-0.15, -0.1) is 0 Å². The lowest BCUT2D eigenvalue weighted by atomic mass is 9.80. The molecule has 1 aromatic heterocycles. The van der Waals surface area contributed by atoms with Crippen molar-refractivity contribution in [2.45, 2.75) is 24.2 Å². The molecular weight excluding hydrogens is 318 g/mol. The van der Waals surface area contributed by atoms with E-state index in [0.717, 1.165) is 17.5 Å². The fourth-order valence-electron chi connectivity index (χ4n) is 3.99. The van der Waals surface area contributed by atoms with E-state index in [1.807, 2.05) is 49.8 Å². The number of aliphatic carboxylic acids is 1. The van der Waals surface area contributed by atoms with Crippen LogP contribution in [-0.2, 0) is 22.1 Å². The van der Waals surface area contributed by atoms with Gasteiger partial charge in [-0.1, -0.05) is 30.3 Å². The summed E-state index contributed by atoms with van der Waals surface area (Å²) >= 11 is 0. The number of carbonyl (C=O) groups excluding carboxylic acids is 1. The number of aromatic nitrogens is 2. The standard InChI is InChI=1S/C19H21N3O3/c1-21-11-13(10-20-21)15-9-16(15)17(23)22-8-7-19(12-22,18(24)25)14-5-3-2-4-6-14/h2-6,10-11,15-16H,7-9,12H2,1H3,(H,24,25). The average Bonchev–Trinajstić information content (AvgIpc) is 3.07. The van der Waals surface area contributed by atoms with E-state index in [2.05, 4.69) is 5.10 Å². The maximum atomic E-state index is 12.8. The Morgan fingerprint density at radius 2 is 2.04 bits per heavy atom. The molecule has 2 fully saturated rings. The van der Waals surface area contributed by atoms with Crippen molar-refractivity contribution in [1.29, 1.82) is 0 Å². The topological polar surface area (TPSA) is 75.4 Å². The van der Waals surface area contributed by atoms with E-state index in [1.165, 1.54) is 0 Å². The third-order valence-electron chi connectivity index (χ3n) is 5.58. The van der Waals surface area contributed by atoms with Gasteiger partial charge < -0.3 is 10.0 Å². The Kier molecular flexibility index (Phi) is 3.63. The number of benzene rings is 1. The number of amides is 1. The second-order valence-corrected chi connectivity index (χ2v) is 7.16. The maximum absolute atomic E-state index is 12.8. The van der Waals surface area contributed by atoms with Gasteiger partial charge in [-0.05, 0) is 29.9 Å². The zero-order valence-corrected chi connectivity index (χ0v) is 14.1. The zero-order chi connectivity index (χ0) is 17.6. The summed E-state index contributed by atoms with van der Waals surface area (Å²) in [4.78, 5) is 26.6. The van der Waals surface area contributed by atoms with Gasteiger partial charge in [0.2, 0.25) is 5.91 Å². The number of carboxylic acids is 1. The highest BCUT2D eigenvalue weighted by Crippen LogP contribution is 2.49. The number of nitrogens with zero attached hydrogens (tertiary/aromatic N) is 3. The summed E-state index contributed by atoms with van der Waals surface area (Å²) < 4.78 is 1.75. The molecule has 1 saturated heterocycles. The summed E-state index contributed by atoms with van der Waals surface area (Å²) in [5.41, 5.74) is 0.875. The van der Waals surface area contributed by atoms with Gasteiger partial charge in [0.05, 0.1) is 6.20 Å². The van der Waals surface area contributed by atoms with Crippen LogP contribution in [0, 0.1) is 5.92 Å². The first-order valence-electron chi connectivity index (χ1n) is 8.57. The molecule has 1 N–H and O–H groups in total. The third-order valence-corrected chi connectivity index (χ3v) is 5.58. The summed E-state index contributed by atoms with van der Waals surface area (Å²) in [6.45, 7) is 0.748. The van der Waals surface area contributed by atoms with Crippen molar-refractivity contribution >= 4 is 11.9 Å². The number of aryl methyl sites for hydroxylation is 1. The van der Waals surface area contributed by atoms with Crippen LogP contribution in [0.4, 0.5) is 0 Å². The lowest BCUT2D eigenvalue weighted by Crippen LogP contribution is -2.40. The lowest BCUT2D eigenvalue weighted by Gasteiger charge is -2.25. The minimum atomic E-state index is -0.990. The van der Waals surface area contributed by atoms with Gasteiger partial charge in [0.1, 0.15) is 5.41 Å². The highest BCUT2D eigenvalue weighted by atomic mass is 16.4. The summed E-state index contributed by atoms with van der Waals surface area (Å²) in [6, 6.07) is 9.27. The second kappa shape index (κ2) is 5.72. The monoisotopic (exact) mass is 339 g/mol. The first-order chi connectivity index (χ1) is 12.0. The van der Waals surface area contributed by atoms with Crippen LogP contribution in [0.3, 0.4) is 0 Å². The minimum absolute atomic E-state index is 0.0374. The van der Waals surface area contributed by atoms with Crippen LogP contribution in [0.1, 0.15) is 29.9 Å². The van der Waals surface area contributed by atoms with Crippen LogP contribution in [0.2, 0.25) is 0 Å². The van der Waals surface area contributed by atoms with Gasteiger partial charge in [-0.2, -0.15) is 5.10 Å². The first-order valence-corrected chi connectivity index (χ1v) is 8.57. The van der Waals surface area contributed by atoms with Crippen molar-refractivity contribution in [3.8, 4) is 0 Å². The molecule has 1 amide bonds. The Hall–Kier alpha value is -2.63. The fourth-order valence-corrected chi connectivity index (χ4v) is 3.99. The number of carbonyl (C=O) groups is 2. The molecule has 0 radical (unpaired) electrons. The summed E-state index contributed by atoms with van der Waals surface area (Å²) in [7, 11) is 1.87. The quantitative estimate of drug-likeness (QED) is 0.921. The Morgan fingerprint density at radius 3 is 2.68 bits per heavy atom. The lowest BCUT2D eigenvalue weighted by molar-refractivity contribution is -0.143. The molecule has 2 aliphatic rings. The Morgan fingerprint density at radius 1 is 1.28 bits per heavy atom. The van der Waals surface area contributed by atoms with E-state index in [9.17, 15) is 14.7 Å². The van der Waals surface area contributed by atoms with Gasteiger partial charge in [0, 0.05) is 32.3 Å². The van der Waals surface area contributed by atoms with Crippen LogP contribution in [0.25, 0.3) is 0 Å². The Balaban J connectivity index is 1.50. The van der Waals surface area contributed by atoms with Crippen LogP contribution in [-0.4, -0.2) is 44.8 Å². The zero-order valence-electron chi connectivity index (χ0n) is 14.1. The normalized spacial score (nSPS) is 28.1. The molecule has 1 aliphatic carbocycles. The number of carboxylic acid groups (broad SMARTS) is 1. The highest BCUT2D eigenvalue weighted by molar-refractivity contribution is 5.87. The summed E-state index contributed by atoms with van der Waals surface area (Å²) in [5.74, 6) is -0.594. The molecule has 1 aliphatic heterocycles. The van der Waals surface area contributed by atoms with Crippen LogP contribution >= 0.6 is 0 Å². The molecule has 2 aromatic rings. The van der Waals surface area contributed by atoms with Crippen LogP contribution in [0.15, 0.2) is 42.7 Å². The van der Waals surface area contributed by atoms with E-state index < -0.39 is 11.4 Å². The van der Waals surface area contributed by atoms with Crippen molar-refractivity contribution < 1.29 is 14.7 Å². The highest BCUT2D eigenvalue weighted by Gasteiger charge is 2.52. The molecule has 4 rings (SSSR count). The third kappa shape index (κ3) is 2.62. The molecule has 6 nitrogen and oxygen atoms in total. The van der Waals surface area contributed by atoms with Crippen molar-refractivity contribution in [3.05, 3.63) is 53.9 Å². The fraction of sp³-hybridized carbons (Fsp3) is 0.421. The molecule has 130 valence electrons. The van der Waals surface area contributed by atoms with E-state index in [0.29, 0.717) is 13.0 Å². The van der Waals surface area contributed by atoms with Crippen LogP contribution < -0.4 is 0 Å². The molecule has 2 heterocycles. The number of rotatable bonds is 4. The molecule has 6 heteroatoms. The van der Waals surface area contributed by atoms with Gasteiger partial charge >= 0.3 is 5.97 Å². The van der Waals surface area contributed by atoms with Gasteiger partial charge in [0.15, 0.2) is 0 Å². The van der Waals surface area contributed by atoms with E-state index in [-0.39, 0.29) is 24.3 Å². The molecule has 3 atom stereocenters. The van der Waals surface area contributed by atoms with Gasteiger partial charge in [-0.3, -0.25) is 14.3 Å². The second-order valence-electron chi connectivity index (χ2n) is 7.16. The molecule has 1 saturated carbocycles. The van der Waals surface area contributed by atoms with Crippen molar-refractivity contribution in [2.75, 3.05) is 13.1 Å². The summed E-state index contributed by atoms with van der Waals surface area (Å²) in [5, 5.41) is 14.0. The predicted molar refractivity (Wildman–Crippen MR) is 91.0 cm³/mol. The smallest absolute Gasteiger partial charge is 0.316 e. The SMILES string of the molecule is Cn1cc(C2CC2C(=O)N2CCC(C(=O)O)(c3ccccc3)C2)cn1. The largest absolute Gasteiger partial charge is 0.481 e. The number of likely N-dealkylation sites (tertiary alicyclic amines) is 1. The average molecular weight is 339 g/mol. The molecule has 0 spiro atoms. The maximum Gasteiger partial charge on any atom is 0.316 e. The van der Waals surface area contributed by atoms with E-state index in [4.69, 9.17) is 0 Å². The van der Waals surface area contributed by atoms with Crippen molar-refractivity contribution in [1.82, 2.24) is 14.7 Å². The van der Waals surface area contributed by atoms with E-state index in [1.54, 1.807) is 9.58 Å².